The average Bonchev–Trinajstić information content (AvgIpc) is 3.23. The van der Waals surface area contributed by atoms with E-state index in [0.717, 1.165) is 54.1 Å². The van der Waals surface area contributed by atoms with Crippen molar-refractivity contribution in [3.8, 4) is 11.5 Å². The molecule has 0 saturated carbocycles. The van der Waals surface area contributed by atoms with Gasteiger partial charge in [0.05, 0.1) is 25.6 Å². The van der Waals surface area contributed by atoms with Crippen LogP contribution in [0.1, 0.15) is 21.6 Å². The topological polar surface area (TPSA) is 104 Å². The number of fused-ring (bicyclic) bond motifs is 1. The number of benzene rings is 2. The number of hydrogen-bond acceptors (Lipinski definition) is 8. The van der Waals surface area contributed by atoms with Crippen molar-refractivity contribution in [3.05, 3.63) is 59.3 Å². The summed E-state index contributed by atoms with van der Waals surface area (Å²) >= 11 is 0. The van der Waals surface area contributed by atoms with Gasteiger partial charge in [0.15, 0.2) is 0 Å². The molecule has 1 amide bonds. The molecule has 0 unspecified atom stereocenters. The lowest BCUT2D eigenvalue weighted by Crippen LogP contribution is -2.49. The van der Waals surface area contributed by atoms with Crippen LogP contribution in [0, 0.1) is 6.92 Å². The number of likely N-dealkylation sites (N-methyl/N-ethyl adjacent to an activating group) is 1. The highest BCUT2D eigenvalue weighted by Gasteiger charge is 2.20. The number of nitrogens with one attached hydrogen (secondary N) is 1. The van der Waals surface area contributed by atoms with E-state index in [0.29, 0.717) is 24.4 Å². The Balaban J connectivity index is 0.00000294. The number of aromatic nitrogens is 1. The normalized spacial score (nSPS) is 13.6. The zero-order valence-corrected chi connectivity index (χ0v) is 25.4. The Hall–Kier alpha value is -3.31. The molecule has 1 saturated heterocycles. The number of hydrogen-bond donors (Lipinski definition) is 1. The van der Waals surface area contributed by atoms with E-state index in [9.17, 15) is 14.4 Å². The molecule has 1 N–H and O–H groups in total. The van der Waals surface area contributed by atoms with Crippen LogP contribution in [0.4, 0.5) is 0 Å². The number of carbonyl (C=O) groups excluding carboxylic acids is 3. The minimum Gasteiger partial charge on any atom is -0.497 e. The van der Waals surface area contributed by atoms with Crippen LogP contribution in [0.3, 0.4) is 0 Å². The van der Waals surface area contributed by atoms with Crippen LogP contribution >= 0.6 is 24.8 Å². The number of rotatable bonds is 10. The lowest BCUT2D eigenvalue weighted by atomic mass is 10.1. The first-order valence-corrected chi connectivity index (χ1v) is 13.0. The Morgan fingerprint density at radius 3 is 2.20 bits per heavy atom. The second-order valence-corrected chi connectivity index (χ2v) is 9.86. The van der Waals surface area contributed by atoms with Crippen molar-refractivity contribution in [2.75, 3.05) is 67.1 Å². The van der Waals surface area contributed by atoms with Crippen LogP contribution in [-0.4, -0.2) is 105 Å². The van der Waals surface area contributed by atoms with Gasteiger partial charge in [0, 0.05) is 63.4 Å². The van der Waals surface area contributed by atoms with E-state index in [4.69, 9.17) is 14.2 Å². The molecular weight excluding hydrogens is 571 g/mol. The summed E-state index contributed by atoms with van der Waals surface area (Å²) in [6, 6.07) is 12.1. The minimum atomic E-state index is -0.425. The molecule has 12 heteroatoms. The number of piperazine rings is 1. The van der Waals surface area contributed by atoms with Gasteiger partial charge in [0.25, 0.3) is 0 Å². The Morgan fingerprint density at radius 1 is 0.927 bits per heavy atom. The molecule has 1 fully saturated rings. The quantitative estimate of drug-likeness (QED) is 0.276. The van der Waals surface area contributed by atoms with Gasteiger partial charge in [0.2, 0.25) is 5.91 Å². The Morgan fingerprint density at radius 2 is 1.56 bits per heavy atom. The third-order valence-corrected chi connectivity index (χ3v) is 6.93. The van der Waals surface area contributed by atoms with Crippen LogP contribution < -0.4 is 9.47 Å². The van der Waals surface area contributed by atoms with Gasteiger partial charge >= 0.3 is 11.9 Å². The number of halogens is 2. The van der Waals surface area contributed by atoms with Gasteiger partial charge in [-0.3, -0.25) is 19.4 Å². The third-order valence-electron chi connectivity index (χ3n) is 6.93. The number of H-pyrrole nitrogens is 1. The molecule has 0 radical (unpaired) electrons. The van der Waals surface area contributed by atoms with Gasteiger partial charge in [-0.25, -0.2) is 4.79 Å². The highest BCUT2D eigenvalue weighted by atomic mass is 35.5. The molecule has 41 heavy (non-hydrogen) atoms. The van der Waals surface area contributed by atoms with Gasteiger partial charge in [-0.05, 0) is 55.0 Å². The molecule has 0 aliphatic carbocycles. The molecule has 2 heterocycles. The minimum absolute atomic E-state index is 0. The number of esters is 2. The Bertz CT molecular complexity index is 1320. The zero-order valence-electron chi connectivity index (χ0n) is 23.8. The van der Waals surface area contributed by atoms with E-state index in [1.165, 1.54) is 0 Å². The van der Waals surface area contributed by atoms with Crippen LogP contribution in [0.2, 0.25) is 0 Å². The second kappa shape index (κ2) is 15.6. The highest BCUT2D eigenvalue weighted by Crippen LogP contribution is 2.27. The molecule has 0 bridgehead atoms. The van der Waals surface area contributed by atoms with Crippen molar-refractivity contribution < 1.29 is 28.6 Å². The number of ether oxygens (including phenoxy) is 3. The summed E-state index contributed by atoms with van der Waals surface area (Å²) in [4.78, 5) is 46.2. The number of amides is 1. The first-order valence-electron chi connectivity index (χ1n) is 13.0. The molecule has 3 aromatic rings. The summed E-state index contributed by atoms with van der Waals surface area (Å²) < 4.78 is 16.3. The van der Waals surface area contributed by atoms with Crippen molar-refractivity contribution in [2.24, 2.45) is 0 Å². The lowest BCUT2D eigenvalue weighted by molar-refractivity contribution is -0.133. The van der Waals surface area contributed by atoms with E-state index in [1.807, 2.05) is 25.1 Å². The number of nitrogens with zero attached hydrogens (tertiary/aromatic N) is 3. The van der Waals surface area contributed by atoms with Gasteiger partial charge in [-0.2, -0.15) is 0 Å². The van der Waals surface area contributed by atoms with E-state index in [1.54, 1.807) is 50.4 Å². The maximum Gasteiger partial charge on any atom is 0.338 e. The predicted molar refractivity (Wildman–Crippen MR) is 162 cm³/mol. The molecule has 4 rings (SSSR count). The van der Waals surface area contributed by atoms with Crippen LogP contribution in [-0.2, 0) is 20.7 Å². The standard InChI is InChI=1S/C29H36N4O6.2ClH/c1-20-24(25-17-23(37-4)9-10-26(25)30-20)18-28(35)39-22-7-5-21(6-8-22)29(36)38-16-15-32-11-13-33(14-12-32)19-27(34)31(2)3;;/h5-10,17,30H,11-16,18-19H2,1-4H3;2*1H. The fraction of sp³-hybridized carbons (Fsp3) is 0.414. The smallest absolute Gasteiger partial charge is 0.338 e. The van der Waals surface area contributed by atoms with Crippen molar-refractivity contribution in [1.82, 2.24) is 19.7 Å². The first-order chi connectivity index (χ1) is 18.7. The number of aromatic amines is 1. The van der Waals surface area contributed by atoms with Gasteiger partial charge in [0.1, 0.15) is 18.1 Å². The van der Waals surface area contributed by atoms with E-state index in [2.05, 4.69) is 14.8 Å². The maximum absolute atomic E-state index is 12.7. The van der Waals surface area contributed by atoms with Crippen LogP contribution in [0.25, 0.3) is 10.9 Å². The third kappa shape index (κ3) is 9.09. The molecule has 0 atom stereocenters. The Kier molecular flexibility index (Phi) is 12.9. The summed E-state index contributed by atoms with van der Waals surface area (Å²) in [5, 5.41) is 0.920. The monoisotopic (exact) mass is 608 g/mol. The molecule has 224 valence electrons. The van der Waals surface area contributed by atoms with Gasteiger partial charge < -0.3 is 24.1 Å². The Labute approximate surface area is 252 Å². The van der Waals surface area contributed by atoms with Crippen molar-refractivity contribution in [1.29, 1.82) is 0 Å². The van der Waals surface area contributed by atoms with E-state index >= 15 is 0 Å². The van der Waals surface area contributed by atoms with Crippen LogP contribution in [0.15, 0.2) is 42.5 Å². The number of carbonyl (C=O) groups is 3. The summed E-state index contributed by atoms with van der Waals surface area (Å²) in [6.45, 7) is 6.53. The molecule has 10 nitrogen and oxygen atoms in total. The van der Waals surface area contributed by atoms with Gasteiger partial charge in [-0.1, -0.05) is 0 Å². The SMILES string of the molecule is COc1ccc2[nH]c(C)c(CC(=O)Oc3ccc(C(=O)OCCN4CCN(CC(=O)N(C)C)CC4)cc3)c2c1.Cl.Cl. The molecule has 2 aromatic carbocycles. The molecule has 1 aliphatic rings. The van der Waals surface area contributed by atoms with E-state index in [-0.39, 0.29) is 43.7 Å². The summed E-state index contributed by atoms with van der Waals surface area (Å²) in [5.74, 6) is 0.352. The van der Waals surface area contributed by atoms with Crippen LogP contribution in [0.5, 0.6) is 11.5 Å². The molecular formula is C29H38Cl2N4O6. The second-order valence-electron chi connectivity index (χ2n) is 9.86. The fourth-order valence-electron chi connectivity index (χ4n) is 4.54. The summed E-state index contributed by atoms with van der Waals surface area (Å²) in [6.07, 6.45) is 0.100. The zero-order chi connectivity index (χ0) is 27.9. The van der Waals surface area contributed by atoms with Crippen molar-refractivity contribution in [3.63, 3.8) is 0 Å². The number of methoxy groups -OCH3 is 1. The summed E-state index contributed by atoms with van der Waals surface area (Å²) in [7, 11) is 5.13. The molecule has 1 aliphatic heterocycles. The predicted octanol–water partition coefficient (Wildman–Crippen LogP) is 3.34. The van der Waals surface area contributed by atoms with E-state index < -0.39 is 11.9 Å². The first kappa shape index (κ1) is 33.9. The lowest BCUT2D eigenvalue weighted by Gasteiger charge is -2.34. The fourth-order valence-corrected chi connectivity index (χ4v) is 4.54. The van der Waals surface area contributed by atoms with Crippen molar-refractivity contribution >= 4 is 53.6 Å². The molecule has 1 aromatic heterocycles. The summed E-state index contributed by atoms with van der Waals surface area (Å²) in [5.41, 5.74) is 3.08. The molecule has 0 spiro atoms. The van der Waals surface area contributed by atoms with Crippen molar-refractivity contribution in [2.45, 2.75) is 13.3 Å². The average molecular weight is 610 g/mol. The maximum atomic E-state index is 12.7. The number of aryl methyl sites for hydroxylation is 1. The largest absolute Gasteiger partial charge is 0.497 e. The van der Waals surface area contributed by atoms with Gasteiger partial charge in [-0.15, -0.1) is 24.8 Å². The highest BCUT2D eigenvalue weighted by molar-refractivity contribution is 5.91.